The lowest BCUT2D eigenvalue weighted by Crippen LogP contribution is -2.26. The van der Waals surface area contributed by atoms with Crippen molar-refractivity contribution >= 4 is 23.2 Å². The number of aromatic nitrogens is 1. The number of benzene rings is 1. The number of carbonyl (C=O) groups excluding carboxylic acids is 2. The van der Waals surface area contributed by atoms with E-state index in [9.17, 15) is 9.59 Å². The van der Waals surface area contributed by atoms with Gasteiger partial charge in [0.15, 0.2) is 0 Å². The number of anilines is 2. The first-order chi connectivity index (χ1) is 12.5. The molecule has 0 radical (unpaired) electrons. The summed E-state index contributed by atoms with van der Waals surface area (Å²) in [4.78, 5) is 25.0. The molecule has 0 fully saturated rings. The van der Waals surface area contributed by atoms with Crippen molar-refractivity contribution in [2.45, 2.75) is 39.7 Å². The van der Waals surface area contributed by atoms with Crippen LogP contribution < -0.4 is 15.4 Å². The van der Waals surface area contributed by atoms with E-state index in [1.807, 2.05) is 49.9 Å². The summed E-state index contributed by atoms with van der Waals surface area (Å²) >= 11 is 0. The first-order valence-electron chi connectivity index (χ1n) is 8.88. The normalized spacial score (nSPS) is 11.9. The van der Waals surface area contributed by atoms with E-state index in [0.29, 0.717) is 17.1 Å². The van der Waals surface area contributed by atoms with Crippen LogP contribution in [0.5, 0.6) is 5.75 Å². The monoisotopic (exact) mass is 357 g/mol. The fourth-order valence-corrected chi connectivity index (χ4v) is 2.60. The number of rotatable bonds is 8. The van der Waals surface area contributed by atoms with Crippen LogP contribution in [0, 0.1) is 5.92 Å². The molecule has 0 saturated carbocycles. The SMILES string of the molecule is CCCC(C(=O)Nc1cc(OC)ccc1NC(=O)C(C)C)n1cccc1. The third-order valence-electron chi connectivity index (χ3n) is 4.12. The van der Waals surface area contributed by atoms with Crippen LogP contribution in [-0.4, -0.2) is 23.5 Å². The van der Waals surface area contributed by atoms with Crippen molar-refractivity contribution in [2.75, 3.05) is 17.7 Å². The Morgan fingerprint density at radius 3 is 2.31 bits per heavy atom. The molecule has 2 aromatic rings. The van der Waals surface area contributed by atoms with Crippen LogP contribution in [0.3, 0.4) is 0 Å². The van der Waals surface area contributed by atoms with E-state index in [0.717, 1.165) is 12.8 Å². The van der Waals surface area contributed by atoms with Crippen LogP contribution in [0.1, 0.15) is 39.7 Å². The molecule has 2 rings (SSSR count). The van der Waals surface area contributed by atoms with Gasteiger partial charge in [-0.25, -0.2) is 0 Å². The Morgan fingerprint density at radius 2 is 1.73 bits per heavy atom. The molecule has 0 spiro atoms. The molecule has 0 aliphatic carbocycles. The van der Waals surface area contributed by atoms with E-state index in [4.69, 9.17) is 4.74 Å². The largest absolute Gasteiger partial charge is 0.497 e. The lowest BCUT2D eigenvalue weighted by molar-refractivity contribution is -0.120. The smallest absolute Gasteiger partial charge is 0.247 e. The van der Waals surface area contributed by atoms with Gasteiger partial charge >= 0.3 is 0 Å². The number of carbonyl (C=O) groups is 2. The van der Waals surface area contributed by atoms with Crippen molar-refractivity contribution in [3.05, 3.63) is 42.7 Å². The fourth-order valence-electron chi connectivity index (χ4n) is 2.60. The quantitative estimate of drug-likeness (QED) is 0.748. The molecule has 2 amide bonds. The third-order valence-corrected chi connectivity index (χ3v) is 4.12. The summed E-state index contributed by atoms with van der Waals surface area (Å²) in [5.41, 5.74) is 1.08. The Hall–Kier alpha value is -2.76. The van der Waals surface area contributed by atoms with Gasteiger partial charge in [0.1, 0.15) is 11.8 Å². The molecule has 1 aromatic carbocycles. The lowest BCUT2D eigenvalue weighted by Gasteiger charge is -2.20. The van der Waals surface area contributed by atoms with Crippen LogP contribution in [0.25, 0.3) is 0 Å². The van der Waals surface area contributed by atoms with Gasteiger partial charge in [0.25, 0.3) is 0 Å². The van der Waals surface area contributed by atoms with Crippen LogP contribution in [0.15, 0.2) is 42.7 Å². The molecule has 1 atom stereocenters. The summed E-state index contributed by atoms with van der Waals surface area (Å²) in [5.74, 6) is 0.210. The van der Waals surface area contributed by atoms with Crippen molar-refractivity contribution < 1.29 is 14.3 Å². The van der Waals surface area contributed by atoms with Gasteiger partial charge in [0.05, 0.1) is 18.5 Å². The first kappa shape index (κ1) is 19.6. The van der Waals surface area contributed by atoms with Crippen LogP contribution in [0.2, 0.25) is 0 Å². The minimum absolute atomic E-state index is 0.110. The fraction of sp³-hybridized carbons (Fsp3) is 0.400. The van der Waals surface area contributed by atoms with Crippen molar-refractivity contribution in [1.82, 2.24) is 4.57 Å². The van der Waals surface area contributed by atoms with Gasteiger partial charge in [-0.1, -0.05) is 27.2 Å². The molecule has 1 aromatic heterocycles. The van der Waals surface area contributed by atoms with Crippen molar-refractivity contribution in [3.8, 4) is 5.75 Å². The highest BCUT2D eigenvalue weighted by molar-refractivity contribution is 6.01. The van der Waals surface area contributed by atoms with Gasteiger partial charge < -0.3 is 19.9 Å². The second kappa shape index (κ2) is 9.08. The van der Waals surface area contributed by atoms with Gasteiger partial charge in [-0.15, -0.1) is 0 Å². The zero-order valence-electron chi connectivity index (χ0n) is 15.8. The Bertz CT molecular complexity index is 739. The van der Waals surface area contributed by atoms with Crippen molar-refractivity contribution in [2.24, 2.45) is 5.92 Å². The second-order valence-electron chi connectivity index (χ2n) is 6.48. The molecule has 0 aliphatic rings. The van der Waals surface area contributed by atoms with E-state index < -0.39 is 0 Å². The van der Waals surface area contributed by atoms with Crippen LogP contribution in [0.4, 0.5) is 11.4 Å². The molecule has 6 heteroatoms. The standard InChI is InChI=1S/C20H27N3O3/c1-5-8-18(23-11-6-7-12-23)20(25)22-17-13-15(26-4)9-10-16(17)21-19(24)14(2)3/h6-7,9-14,18H,5,8H2,1-4H3,(H,21,24)(H,22,25). The average Bonchev–Trinajstić information content (AvgIpc) is 3.14. The number of methoxy groups -OCH3 is 1. The number of hydrogen-bond donors (Lipinski definition) is 2. The zero-order chi connectivity index (χ0) is 19.1. The Morgan fingerprint density at radius 1 is 1.08 bits per heavy atom. The second-order valence-corrected chi connectivity index (χ2v) is 6.48. The van der Waals surface area contributed by atoms with E-state index in [2.05, 4.69) is 10.6 Å². The molecule has 26 heavy (non-hydrogen) atoms. The van der Waals surface area contributed by atoms with Crippen molar-refractivity contribution in [1.29, 1.82) is 0 Å². The molecule has 0 aliphatic heterocycles. The van der Waals surface area contributed by atoms with E-state index in [1.165, 1.54) is 0 Å². The van der Waals surface area contributed by atoms with Gasteiger partial charge in [0.2, 0.25) is 11.8 Å². The molecule has 6 nitrogen and oxygen atoms in total. The molecule has 0 saturated heterocycles. The van der Waals surface area contributed by atoms with Gasteiger partial charge in [-0.2, -0.15) is 0 Å². The highest BCUT2D eigenvalue weighted by Gasteiger charge is 2.21. The lowest BCUT2D eigenvalue weighted by atomic mass is 10.1. The third kappa shape index (κ3) is 4.88. The number of hydrogen-bond acceptors (Lipinski definition) is 3. The van der Waals surface area contributed by atoms with E-state index in [1.54, 1.807) is 25.3 Å². The van der Waals surface area contributed by atoms with E-state index in [-0.39, 0.29) is 23.8 Å². The molecule has 2 N–H and O–H groups in total. The maximum Gasteiger partial charge on any atom is 0.247 e. The Balaban J connectivity index is 2.27. The molecular weight excluding hydrogens is 330 g/mol. The Kier molecular flexibility index (Phi) is 6.83. The summed E-state index contributed by atoms with van der Waals surface area (Å²) in [7, 11) is 1.56. The maximum atomic E-state index is 12.9. The number of ether oxygens (including phenoxy) is 1. The van der Waals surface area contributed by atoms with Gasteiger partial charge in [0, 0.05) is 24.4 Å². The average molecular weight is 357 g/mol. The summed E-state index contributed by atoms with van der Waals surface area (Å²) in [6.45, 7) is 5.69. The number of nitrogens with one attached hydrogen (secondary N) is 2. The number of nitrogens with zero attached hydrogens (tertiary/aromatic N) is 1. The van der Waals surface area contributed by atoms with Crippen LogP contribution in [-0.2, 0) is 9.59 Å². The maximum absolute atomic E-state index is 12.9. The highest BCUT2D eigenvalue weighted by Crippen LogP contribution is 2.29. The topological polar surface area (TPSA) is 72.4 Å². The molecule has 0 bridgehead atoms. The summed E-state index contributed by atoms with van der Waals surface area (Å²) in [5, 5.41) is 5.80. The first-order valence-corrected chi connectivity index (χ1v) is 8.88. The summed E-state index contributed by atoms with van der Waals surface area (Å²) < 4.78 is 7.15. The zero-order valence-corrected chi connectivity index (χ0v) is 15.8. The van der Waals surface area contributed by atoms with Gasteiger partial charge in [-0.3, -0.25) is 9.59 Å². The molecular formula is C20H27N3O3. The highest BCUT2D eigenvalue weighted by atomic mass is 16.5. The predicted molar refractivity (Wildman–Crippen MR) is 103 cm³/mol. The van der Waals surface area contributed by atoms with Crippen molar-refractivity contribution in [3.63, 3.8) is 0 Å². The number of amides is 2. The minimum atomic E-state index is -0.310. The molecule has 1 heterocycles. The Labute approximate surface area is 154 Å². The molecule has 1 unspecified atom stereocenters. The van der Waals surface area contributed by atoms with Crippen LogP contribution >= 0.6 is 0 Å². The molecule has 140 valence electrons. The van der Waals surface area contributed by atoms with E-state index >= 15 is 0 Å². The summed E-state index contributed by atoms with van der Waals surface area (Å²) in [6, 6.07) is 8.69. The van der Waals surface area contributed by atoms with Gasteiger partial charge in [-0.05, 0) is 30.7 Å². The minimum Gasteiger partial charge on any atom is -0.497 e. The summed E-state index contributed by atoms with van der Waals surface area (Å²) in [6.07, 6.45) is 5.36. The predicted octanol–water partition coefficient (Wildman–Crippen LogP) is 4.07.